The van der Waals surface area contributed by atoms with E-state index in [2.05, 4.69) is 10.6 Å². The number of methoxy groups -OCH3 is 1. The molecule has 3 rings (SSSR count). The number of ether oxygens (including phenoxy) is 3. The molecular formula is C14H18N2O4. The summed E-state index contributed by atoms with van der Waals surface area (Å²) >= 11 is 0. The topological polar surface area (TPSA) is 68.8 Å². The Morgan fingerprint density at radius 2 is 2.20 bits per heavy atom. The average molecular weight is 278 g/mol. The smallest absolute Gasteiger partial charge is 0.319 e. The van der Waals surface area contributed by atoms with Crippen LogP contribution < -0.4 is 20.1 Å². The van der Waals surface area contributed by atoms with Crippen LogP contribution in [-0.4, -0.2) is 39.5 Å². The minimum Gasteiger partial charge on any atom is -0.493 e. The highest BCUT2D eigenvalue weighted by Crippen LogP contribution is 2.44. The van der Waals surface area contributed by atoms with Gasteiger partial charge >= 0.3 is 6.03 Å². The minimum absolute atomic E-state index is 0.250. The van der Waals surface area contributed by atoms with Gasteiger partial charge in [0, 0.05) is 37.6 Å². The Kier molecular flexibility index (Phi) is 3.64. The number of benzene rings is 1. The lowest BCUT2D eigenvalue weighted by molar-refractivity contribution is 0.198. The van der Waals surface area contributed by atoms with Crippen molar-refractivity contribution in [3.8, 4) is 11.5 Å². The Bertz CT molecular complexity index is 498. The van der Waals surface area contributed by atoms with E-state index in [9.17, 15) is 4.79 Å². The van der Waals surface area contributed by atoms with Crippen molar-refractivity contribution in [3.05, 3.63) is 17.2 Å². The molecule has 0 fully saturated rings. The number of carbonyl (C=O) groups excluding carboxylic acids is 1. The molecular weight excluding hydrogens is 260 g/mol. The zero-order valence-corrected chi connectivity index (χ0v) is 11.5. The second-order valence-electron chi connectivity index (χ2n) is 4.79. The highest BCUT2D eigenvalue weighted by atomic mass is 16.5. The fourth-order valence-corrected chi connectivity index (χ4v) is 2.54. The van der Waals surface area contributed by atoms with Gasteiger partial charge in [0.2, 0.25) is 0 Å². The highest BCUT2D eigenvalue weighted by molar-refractivity contribution is 5.93. The van der Waals surface area contributed by atoms with E-state index >= 15 is 0 Å². The van der Waals surface area contributed by atoms with Crippen LogP contribution in [0, 0.1) is 0 Å². The zero-order valence-electron chi connectivity index (χ0n) is 11.5. The van der Waals surface area contributed by atoms with Crippen LogP contribution >= 0.6 is 0 Å². The SMILES string of the molecule is COCCNC(=O)Nc1c2c(cc3c1OCC3)OCC2. The standard InChI is InChI=1S/C14H18N2O4/c1-18-7-4-15-14(17)16-12-10-3-6-19-11(10)8-9-2-5-20-13(9)12/h8H,2-7H2,1H3,(H2,15,16,17). The number of hydrogen-bond acceptors (Lipinski definition) is 4. The molecule has 0 saturated heterocycles. The predicted molar refractivity (Wildman–Crippen MR) is 73.7 cm³/mol. The first kappa shape index (κ1) is 13.1. The summed E-state index contributed by atoms with van der Waals surface area (Å²) in [7, 11) is 1.60. The largest absolute Gasteiger partial charge is 0.493 e. The number of hydrogen-bond donors (Lipinski definition) is 2. The second-order valence-corrected chi connectivity index (χ2v) is 4.79. The van der Waals surface area contributed by atoms with Gasteiger partial charge in [-0.2, -0.15) is 0 Å². The lowest BCUT2D eigenvalue weighted by atomic mass is 10.0. The molecule has 2 heterocycles. The Labute approximate surface area is 117 Å². The van der Waals surface area contributed by atoms with Crippen molar-refractivity contribution in [2.24, 2.45) is 0 Å². The van der Waals surface area contributed by atoms with Crippen LogP contribution in [0.1, 0.15) is 11.1 Å². The van der Waals surface area contributed by atoms with Gasteiger partial charge in [0.05, 0.1) is 25.5 Å². The Morgan fingerprint density at radius 3 is 3.05 bits per heavy atom. The molecule has 0 radical (unpaired) electrons. The molecule has 0 saturated carbocycles. The van der Waals surface area contributed by atoms with Gasteiger partial charge in [0.1, 0.15) is 11.5 Å². The van der Waals surface area contributed by atoms with E-state index in [0.29, 0.717) is 26.4 Å². The van der Waals surface area contributed by atoms with Crippen molar-refractivity contribution >= 4 is 11.7 Å². The van der Waals surface area contributed by atoms with E-state index in [1.54, 1.807) is 7.11 Å². The monoisotopic (exact) mass is 278 g/mol. The number of amides is 2. The third-order valence-corrected chi connectivity index (χ3v) is 3.48. The number of nitrogens with one attached hydrogen (secondary N) is 2. The Hall–Kier alpha value is -1.95. The minimum atomic E-state index is -0.250. The summed E-state index contributed by atoms with van der Waals surface area (Å²) < 4.78 is 16.2. The number of carbonyl (C=O) groups is 1. The molecule has 6 heteroatoms. The number of urea groups is 1. The van der Waals surface area contributed by atoms with Crippen molar-refractivity contribution in [1.29, 1.82) is 0 Å². The fraction of sp³-hybridized carbons (Fsp3) is 0.500. The summed E-state index contributed by atoms with van der Waals surface area (Å²) in [5.74, 6) is 1.65. The molecule has 108 valence electrons. The lowest BCUT2D eigenvalue weighted by Crippen LogP contribution is -2.31. The van der Waals surface area contributed by atoms with E-state index in [-0.39, 0.29) is 6.03 Å². The molecule has 20 heavy (non-hydrogen) atoms. The van der Waals surface area contributed by atoms with Gasteiger partial charge in [-0.1, -0.05) is 0 Å². The summed E-state index contributed by atoms with van der Waals surface area (Å²) in [4.78, 5) is 11.9. The fourth-order valence-electron chi connectivity index (χ4n) is 2.54. The van der Waals surface area contributed by atoms with Crippen molar-refractivity contribution < 1.29 is 19.0 Å². The van der Waals surface area contributed by atoms with Gasteiger partial charge in [-0.25, -0.2) is 4.79 Å². The summed E-state index contributed by atoms with van der Waals surface area (Å²) in [6.07, 6.45) is 1.64. The van der Waals surface area contributed by atoms with Crippen LogP contribution in [0.5, 0.6) is 11.5 Å². The maximum atomic E-state index is 11.9. The van der Waals surface area contributed by atoms with Crippen LogP contribution in [0.4, 0.5) is 10.5 Å². The number of rotatable bonds is 4. The van der Waals surface area contributed by atoms with Crippen LogP contribution in [0.15, 0.2) is 6.07 Å². The molecule has 2 aliphatic heterocycles. The molecule has 0 unspecified atom stereocenters. The van der Waals surface area contributed by atoms with Gasteiger partial charge in [0.25, 0.3) is 0 Å². The van der Waals surface area contributed by atoms with Gasteiger partial charge in [-0.3, -0.25) is 0 Å². The third kappa shape index (κ3) is 2.38. The summed E-state index contributed by atoms with van der Waals surface area (Å²) in [5.41, 5.74) is 2.87. The summed E-state index contributed by atoms with van der Waals surface area (Å²) in [5, 5.41) is 5.63. The molecule has 2 aliphatic rings. The highest BCUT2D eigenvalue weighted by Gasteiger charge is 2.27. The first-order valence-corrected chi connectivity index (χ1v) is 6.77. The van der Waals surface area contributed by atoms with Crippen LogP contribution in [0.2, 0.25) is 0 Å². The third-order valence-electron chi connectivity index (χ3n) is 3.48. The van der Waals surface area contributed by atoms with Crippen molar-refractivity contribution in [3.63, 3.8) is 0 Å². The van der Waals surface area contributed by atoms with Crippen LogP contribution in [0.25, 0.3) is 0 Å². The van der Waals surface area contributed by atoms with Crippen molar-refractivity contribution in [1.82, 2.24) is 5.32 Å². The molecule has 0 bridgehead atoms. The summed E-state index contributed by atoms with van der Waals surface area (Å²) in [6, 6.07) is 1.78. The Morgan fingerprint density at radius 1 is 1.35 bits per heavy atom. The quantitative estimate of drug-likeness (QED) is 0.815. The first-order valence-electron chi connectivity index (χ1n) is 6.77. The normalized spacial score (nSPS) is 15.1. The van der Waals surface area contributed by atoms with Gasteiger partial charge in [-0.05, 0) is 6.07 Å². The molecule has 6 nitrogen and oxygen atoms in total. The molecule has 1 aromatic carbocycles. The van der Waals surface area contributed by atoms with E-state index in [1.165, 1.54) is 0 Å². The molecule has 2 amide bonds. The molecule has 0 atom stereocenters. The van der Waals surface area contributed by atoms with E-state index in [4.69, 9.17) is 14.2 Å². The number of anilines is 1. The Balaban J connectivity index is 1.80. The molecule has 2 N–H and O–H groups in total. The van der Waals surface area contributed by atoms with E-state index < -0.39 is 0 Å². The average Bonchev–Trinajstić information content (AvgIpc) is 3.07. The maximum Gasteiger partial charge on any atom is 0.319 e. The maximum absolute atomic E-state index is 11.9. The van der Waals surface area contributed by atoms with E-state index in [0.717, 1.165) is 41.2 Å². The van der Waals surface area contributed by atoms with Crippen molar-refractivity contribution in [2.45, 2.75) is 12.8 Å². The van der Waals surface area contributed by atoms with Gasteiger partial charge < -0.3 is 24.8 Å². The predicted octanol–water partition coefficient (Wildman–Crippen LogP) is 1.32. The molecule has 1 aromatic rings. The van der Waals surface area contributed by atoms with Crippen LogP contribution in [-0.2, 0) is 17.6 Å². The molecule has 0 aliphatic carbocycles. The second kappa shape index (κ2) is 5.58. The van der Waals surface area contributed by atoms with Crippen molar-refractivity contribution in [2.75, 3.05) is 38.8 Å². The number of fused-ring (bicyclic) bond motifs is 2. The first-order chi connectivity index (χ1) is 9.79. The lowest BCUT2D eigenvalue weighted by Gasteiger charge is -2.14. The molecule has 0 spiro atoms. The van der Waals surface area contributed by atoms with Gasteiger partial charge in [-0.15, -0.1) is 0 Å². The van der Waals surface area contributed by atoms with Crippen LogP contribution in [0.3, 0.4) is 0 Å². The van der Waals surface area contributed by atoms with E-state index in [1.807, 2.05) is 6.07 Å². The zero-order chi connectivity index (χ0) is 13.9. The molecule has 0 aromatic heterocycles. The summed E-state index contributed by atoms with van der Waals surface area (Å²) in [6.45, 7) is 2.26. The van der Waals surface area contributed by atoms with Gasteiger partial charge in [0.15, 0.2) is 0 Å².